The summed E-state index contributed by atoms with van der Waals surface area (Å²) in [7, 11) is 0. The van der Waals surface area contributed by atoms with Crippen molar-refractivity contribution in [3.8, 4) is 0 Å². The molecule has 0 aliphatic carbocycles. The number of aromatic nitrogens is 1. The SMILES string of the molecule is Cc1ccnc(C(=O)C(C)C(Cl)(Cl)Cl)c1. The van der Waals surface area contributed by atoms with E-state index in [0.29, 0.717) is 5.69 Å². The molecule has 1 aromatic rings. The molecule has 1 unspecified atom stereocenters. The van der Waals surface area contributed by atoms with E-state index in [4.69, 9.17) is 34.8 Å². The van der Waals surface area contributed by atoms with Crippen molar-refractivity contribution in [1.82, 2.24) is 4.98 Å². The highest BCUT2D eigenvalue weighted by Gasteiger charge is 2.35. The molecule has 0 N–H and O–H groups in total. The Bertz CT molecular complexity index is 373. The lowest BCUT2D eigenvalue weighted by Gasteiger charge is -2.18. The molecule has 0 saturated carbocycles. The van der Waals surface area contributed by atoms with Gasteiger partial charge in [-0.25, -0.2) is 0 Å². The lowest BCUT2D eigenvalue weighted by Crippen LogP contribution is -2.25. The van der Waals surface area contributed by atoms with Gasteiger partial charge in [-0.2, -0.15) is 0 Å². The molecule has 0 saturated heterocycles. The van der Waals surface area contributed by atoms with Crippen LogP contribution >= 0.6 is 34.8 Å². The lowest BCUT2D eigenvalue weighted by atomic mass is 10.0. The zero-order chi connectivity index (χ0) is 11.6. The Hall–Kier alpha value is -0.310. The van der Waals surface area contributed by atoms with Crippen LogP contribution in [0.25, 0.3) is 0 Å². The minimum Gasteiger partial charge on any atom is -0.292 e. The molecule has 15 heavy (non-hydrogen) atoms. The molecule has 0 fully saturated rings. The summed E-state index contributed by atoms with van der Waals surface area (Å²) in [6.45, 7) is 3.44. The van der Waals surface area contributed by atoms with Gasteiger partial charge < -0.3 is 0 Å². The van der Waals surface area contributed by atoms with Crippen molar-refractivity contribution >= 4 is 40.6 Å². The topological polar surface area (TPSA) is 30.0 Å². The van der Waals surface area contributed by atoms with Gasteiger partial charge in [0, 0.05) is 6.20 Å². The van der Waals surface area contributed by atoms with Crippen LogP contribution in [0.15, 0.2) is 18.3 Å². The van der Waals surface area contributed by atoms with Gasteiger partial charge in [-0.05, 0) is 24.6 Å². The Balaban J connectivity index is 2.95. The van der Waals surface area contributed by atoms with E-state index in [-0.39, 0.29) is 5.78 Å². The number of hydrogen-bond acceptors (Lipinski definition) is 2. The molecule has 1 aromatic heterocycles. The molecule has 0 amide bonds. The molecule has 0 aliphatic rings. The molecule has 0 aromatic carbocycles. The van der Waals surface area contributed by atoms with Crippen molar-refractivity contribution < 1.29 is 4.79 Å². The fourth-order valence-corrected chi connectivity index (χ4v) is 1.34. The van der Waals surface area contributed by atoms with Crippen LogP contribution in [0.3, 0.4) is 0 Å². The van der Waals surface area contributed by atoms with Crippen LogP contribution in [-0.4, -0.2) is 14.6 Å². The largest absolute Gasteiger partial charge is 0.292 e. The van der Waals surface area contributed by atoms with Crippen molar-refractivity contribution in [2.75, 3.05) is 0 Å². The second-order valence-corrected chi connectivity index (χ2v) is 5.71. The van der Waals surface area contributed by atoms with E-state index in [0.717, 1.165) is 5.56 Å². The normalized spacial score (nSPS) is 13.7. The third kappa shape index (κ3) is 3.33. The van der Waals surface area contributed by atoms with E-state index in [1.165, 1.54) is 0 Å². The first-order valence-electron chi connectivity index (χ1n) is 4.36. The van der Waals surface area contributed by atoms with Crippen LogP contribution in [0.5, 0.6) is 0 Å². The fraction of sp³-hybridized carbons (Fsp3) is 0.400. The molecule has 5 heteroatoms. The van der Waals surface area contributed by atoms with Gasteiger partial charge in [-0.1, -0.05) is 41.7 Å². The Labute approximate surface area is 104 Å². The minimum absolute atomic E-state index is 0.265. The Morgan fingerprint density at radius 1 is 1.47 bits per heavy atom. The highest BCUT2D eigenvalue weighted by Crippen LogP contribution is 2.36. The quantitative estimate of drug-likeness (QED) is 0.605. The first kappa shape index (κ1) is 12.8. The third-order valence-electron chi connectivity index (χ3n) is 2.05. The van der Waals surface area contributed by atoms with Crippen LogP contribution in [0, 0.1) is 12.8 Å². The maximum Gasteiger partial charge on any atom is 0.200 e. The van der Waals surface area contributed by atoms with Crippen LogP contribution in [-0.2, 0) is 0 Å². The highest BCUT2D eigenvalue weighted by atomic mass is 35.6. The van der Waals surface area contributed by atoms with Gasteiger partial charge in [-0.3, -0.25) is 9.78 Å². The van der Waals surface area contributed by atoms with Crippen molar-refractivity contribution in [2.24, 2.45) is 5.92 Å². The summed E-state index contributed by atoms with van der Waals surface area (Å²) in [4.78, 5) is 15.8. The molecule has 0 bridgehead atoms. The van der Waals surface area contributed by atoms with Crippen molar-refractivity contribution in [2.45, 2.75) is 17.6 Å². The predicted octanol–water partition coefficient (Wildman–Crippen LogP) is 3.58. The Morgan fingerprint density at radius 2 is 2.07 bits per heavy atom. The molecule has 1 atom stereocenters. The number of carbonyl (C=O) groups is 1. The van der Waals surface area contributed by atoms with Crippen LogP contribution in [0.2, 0.25) is 0 Å². The number of alkyl halides is 3. The molecule has 2 nitrogen and oxygen atoms in total. The van der Waals surface area contributed by atoms with E-state index in [1.807, 2.05) is 6.92 Å². The van der Waals surface area contributed by atoms with Crippen molar-refractivity contribution in [3.63, 3.8) is 0 Å². The summed E-state index contributed by atoms with van der Waals surface area (Å²) in [6, 6.07) is 3.48. The van der Waals surface area contributed by atoms with Gasteiger partial charge in [-0.15, -0.1) is 0 Å². The minimum atomic E-state index is -1.59. The number of halogens is 3. The lowest BCUT2D eigenvalue weighted by molar-refractivity contribution is 0.0926. The van der Waals surface area contributed by atoms with Crippen molar-refractivity contribution in [1.29, 1.82) is 0 Å². The number of aryl methyl sites for hydroxylation is 1. The summed E-state index contributed by atoms with van der Waals surface area (Å²) < 4.78 is -1.59. The summed E-state index contributed by atoms with van der Waals surface area (Å²) in [5.41, 5.74) is 1.28. The number of nitrogens with zero attached hydrogens (tertiary/aromatic N) is 1. The molecule has 0 spiro atoms. The molecule has 1 heterocycles. The summed E-state index contributed by atoms with van der Waals surface area (Å²) >= 11 is 17.0. The van der Waals surface area contributed by atoms with E-state index >= 15 is 0 Å². The summed E-state index contributed by atoms with van der Waals surface area (Å²) in [5.74, 6) is -0.976. The van der Waals surface area contributed by atoms with E-state index in [1.54, 1.807) is 25.3 Å². The monoisotopic (exact) mass is 265 g/mol. The number of hydrogen-bond donors (Lipinski definition) is 0. The zero-order valence-electron chi connectivity index (χ0n) is 8.30. The number of ketones is 1. The number of rotatable bonds is 2. The van der Waals surface area contributed by atoms with Crippen molar-refractivity contribution in [3.05, 3.63) is 29.6 Å². The van der Waals surface area contributed by atoms with Gasteiger partial charge >= 0.3 is 0 Å². The Kier molecular flexibility index (Phi) is 3.99. The standard InChI is InChI=1S/C10H10Cl3NO/c1-6-3-4-14-8(5-6)9(15)7(2)10(11,12)13/h3-5,7H,1-2H3. The molecule has 1 rings (SSSR count). The molecular formula is C10H10Cl3NO. The molecule has 82 valence electrons. The zero-order valence-corrected chi connectivity index (χ0v) is 10.6. The molecule has 0 radical (unpaired) electrons. The molecule has 0 aliphatic heterocycles. The van der Waals surface area contributed by atoms with Gasteiger partial charge in [0.15, 0.2) is 9.58 Å². The second kappa shape index (κ2) is 4.69. The van der Waals surface area contributed by atoms with Crippen LogP contribution in [0.4, 0.5) is 0 Å². The maximum absolute atomic E-state index is 11.8. The second-order valence-electron chi connectivity index (χ2n) is 3.35. The maximum atomic E-state index is 11.8. The van der Waals surface area contributed by atoms with Gasteiger partial charge in [0.2, 0.25) is 0 Å². The first-order valence-corrected chi connectivity index (χ1v) is 5.49. The molecular weight excluding hydrogens is 256 g/mol. The van der Waals surface area contributed by atoms with Gasteiger partial charge in [0.05, 0.1) is 5.92 Å². The van der Waals surface area contributed by atoms with E-state index in [9.17, 15) is 4.79 Å². The van der Waals surface area contributed by atoms with Gasteiger partial charge in [0.25, 0.3) is 0 Å². The number of Topliss-reactive ketones (excluding diaryl/α,β-unsaturated/α-hetero) is 1. The first-order chi connectivity index (χ1) is 6.82. The third-order valence-corrected chi connectivity index (χ3v) is 3.03. The number of carbonyl (C=O) groups excluding carboxylic acids is 1. The summed E-state index contributed by atoms with van der Waals surface area (Å²) in [5, 5.41) is 0. The fourth-order valence-electron chi connectivity index (χ4n) is 1.04. The summed E-state index contributed by atoms with van der Waals surface area (Å²) in [6.07, 6.45) is 1.56. The predicted molar refractivity (Wildman–Crippen MR) is 62.8 cm³/mol. The van der Waals surface area contributed by atoms with Crippen LogP contribution in [0.1, 0.15) is 23.0 Å². The van der Waals surface area contributed by atoms with E-state index < -0.39 is 9.71 Å². The Morgan fingerprint density at radius 3 is 2.53 bits per heavy atom. The average molecular weight is 267 g/mol. The average Bonchev–Trinajstić information content (AvgIpc) is 2.14. The number of pyridine rings is 1. The van der Waals surface area contributed by atoms with Crippen LogP contribution < -0.4 is 0 Å². The smallest absolute Gasteiger partial charge is 0.200 e. The van der Waals surface area contributed by atoms with Gasteiger partial charge in [0.1, 0.15) is 5.69 Å². The van der Waals surface area contributed by atoms with E-state index in [2.05, 4.69) is 4.98 Å². The highest BCUT2D eigenvalue weighted by molar-refractivity contribution is 6.68.